The third-order valence-corrected chi connectivity index (χ3v) is 4.42. The number of amides is 1. The van der Waals surface area contributed by atoms with Crippen molar-refractivity contribution in [3.63, 3.8) is 0 Å². The zero-order chi connectivity index (χ0) is 17.6. The molecule has 0 aromatic heterocycles. The lowest BCUT2D eigenvalue weighted by Gasteiger charge is -2.14. The van der Waals surface area contributed by atoms with Gasteiger partial charge in [-0.3, -0.25) is 4.79 Å². The first kappa shape index (κ1) is 17.8. The third kappa shape index (κ3) is 5.21. The number of ether oxygens (including phenoxy) is 2. The monoisotopic (exact) mass is 359 g/mol. The highest BCUT2D eigenvalue weighted by Crippen LogP contribution is 2.32. The molecule has 2 aromatic rings. The summed E-state index contributed by atoms with van der Waals surface area (Å²) in [6, 6.07) is 13.0. The number of rotatable bonds is 6. The second-order valence-corrected chi connectivity index (χ2v) is 6.71. The van der Waals surface area contributed by atoms with Crippen LogP contribution in [-0.2, 0) is 9.53 Å². The Hall–Kier alpha value is -2.04. The fraction of sp³-hybridized carbons (Fsp3) is 0.350. The number of carbonyl (C=O) groups excluding carboxylic acids is 1. The molecule has 0 aliphatic carbocycles. The van der Waals surface area contributed by atoms with Gasteiger partial charge in [0.2, 0.25) is 5.91 Å². The van der Waals surface area contributed by atoms with Crippen molar-refractivity contribution in [2.24, 2.45) is 0 Å². The van der Waals surface area contributed by atoms with Gasteiger partial charge in [-0.25, -0.2) is 0 Å². The van der Waals surface area contributed by atoms with E-state index in [-0.39, 0.29) is 12.0 Å². The number of hydrogen-bond donors (Lipinski definition) is 1. The molecule has 0 spiro atoms. The molecule has 1 saturated heterocycles. The lowest BCUT2D eigenvalue weighted by molar-refractivity contribution is -0.116. The molecular weight excluding hydrogens is 338 g/mol. The van der Waals surface area contributed by atoms with Crippen LogP contribution in [0.4, 0.5) is 5.69 Å². The second kappa shape index (κ2) is 8.37. The van der Waals surface area contributed by atoms with Gasteiger partial charge < -0.3 is 14.8 Å². The lowest BCUT2D eigenvalue weighted by atomic mass is 10.1. The Morgan fingerprint density at radius 1 is 1.28 bits per heavy atom. The van der Waals surface area contributed by atoms with E-state index in [0.29, 0.717) is 28.6 Å². The van der Waals surface area contributed by atoms with Gasteiger partial charge in [-0.15, -0.1) is 0 Å². The summed E-state index contributed by atoms with van der Waals surface area (Å²) >= 11 is 6.08. The van der Waals surface area contributed by atoms with Crippen molar-refractivity contribution in [1.82, 2.24) is 0 Å². The summed E-state index contributed by atoms with van der Waals surface area (Å²) in [5.74, 6) is 1.22. The Labute approximate surface area is 153 Å². The van der Waals surface area contributed by atoms with Crippen LogP contribution >= 0.6 is 11.6 Å². The summed E-state index contributed by atoms with van der Waals surface area (Å²) in [4.78, 5) is 12.3. The Morgan fingerprint density at radius 3 is 2.80 bits per heavy atom. The van der Waals surface area contributed by atoms with Crippen LogP contribution in [-0.4, -0.2) is 18.6 Å². The molecule has 1 aliphatic heterocycles. The van der Waals surface area contributed by atoms with Crippen LogP contribution in [0.5, 0.6) is 11.5 Å². The Kier molecular flexibility index (Phi) is 5.95. The normalized spacial score (nSPS) is 16.6. The topological polar surface area (TPSA) is 47.6 Å². The molecule has 5 heteroatoms. The molecule has 0 radical (unpaired) electrons. The van der Waals surface area contributed by atoms with Gasteiger partial charge in [0.15, 0.2) is 5.75 Å². The number of carbonyl (C=O) groups is 1. The highest BCUT2D eigenvalue weighted by molar-refractivity contribution is 6.31. The van der Waals surface area contributed by atoms with Gasteiger partial charge in [-0.1, -0.05) is 29.3 Å². The molecule has 0 bridgehead atoms. The summed E-state index contributed by atoms with van der Waals surface area (Å²) < 4.78 is 11.5. The maximum Gasteiger partial charge on any atom is 0.224 e. The van der Waals surface area contributed by atoms with Crippen molar-refractivity contribution in [3.8, 4) is 11.5 Å². The summed E-state index contributed by atoms with van der Waals surface area (Å²) in [5.41, 5.74) is 1.73. The lowest BCUT2D eigenvalue weighted by Crippen LogP contribution is -2.15. The molecule has 0 saturated carbocycles. The van der Waals surface area contributed by atoms with Gasteiger partial charge in [-0.05, 0) is 56.5 Å². The standard InChI is InChI=1S/C20H22ClNO3/c1-14-4-7-17(8-5-14)25-19-10-6-15(21)13-18(19)22-20(23)11-9-16-3-2-12-24-16/h4-8,10,13,16H,2-3,9,11-12H2,1H3,(H,22,23). The van der Waals surface area contributed by atoms with E-state index in [9.17, 15) is 4.79 Å². The molecule has 4 nitrogen and oxygen atoms in total. The van der Waals surface area contributed by atoms with Gasteiger partial charge >= 0.3 is 0 Å². The van der Waals surface area contributed by atoms with Crippen LogP contribution in [0.1, 0.15) is 31.2 Å². The van der Waals surface area contributed by atoms with Crippen molar-refractivity contribution in [2.75, 3.05) is 11.9 Å². The number of aryl methyl sites for hydroxylation is 1. The number of nitrogens with one attached hydrogen (secondary N) is 1. The maximum absolute atomic E-state index is 12.3. The van der Waals surface area contributed by atoms with Crippen molar-refractivity contribution in [2.45, 2.75) is 38.7 Å². The molecule has 1 amide bonds. The Bertz CT molecular complexity index is 724. The predicted octanol–water partition coefficient (Wildman–Crippen LogP) is 5.34. The molecule has 3 rings (SSSR count). The summed E-state index contributed by atoms with van der Waals surface area (Å²) in [6.45, 7) is 2.82. The van der Waals surface area contributed by atoms with E-state index in [2.05, 4.69) is 5.32 Å². The highest BCUT2D eigenvalue weighted by atomic mass is 35.5. The van der Waals surface area contributed by atoms with Crippen LogP contribution in [0, 0.1) is 6.92 Å². The van der Waals surface area contributed by atoms with E-state index in [1.807, 2.05) is 31.2 Å². The van der Waals surface area contributed by atoms with E-state index in [4.69, 9.17) is 21.1 Å². The first-order valence-electron chi connectivity index (χ1n) is 8.56. The van der Waals surface area contributed by atoms with Crippen LogP contribution in [0.3, 0.4) is 0 Å². The molecule has 132 valence electrons. The molecular formula is C20H22ClNO3. The fourth-order valence-electron chi connectivity index (χ4n) is 2.80. The summed E-state index contributed by atoms with van der Waals surface area (Å²) in [6.07, 6.45) is 3.47. The molecule has 1 aliphatic rings. The van der Waals surface area contributed by atoms with E-state index in [0.717, 1.165) is 31.4 Å². The molecule has 1 fully saturated rings. The number of hydrogen-bond acceptors (Lipinski definition) is 3. The number of anilines is 1. The molecule has 1 heterocycles. The van der Waals surface area contributed by atoms with Crippen LogP contribution in [0.2, 0.25) is 5.02 Å². The third-order valence-electron chi connectivity index (χ3n) is 4.18. The first-order chi connectivity index (χ1) is 12.1. The van der Waals surface area contributed by atoms with E-state index < -0.39 is 0 Å². The van der Waals surface area contributed by atoms with Crippen molar-refractivity contribution >= 4 is 23.2 Å². The van der Waals surface area contributed by atoms with Crippen molar-refractivity contribution < 1.29 is 14.3 Å². The minimum atomic E-state index is -0.0634. The minimum absolute atomic E-state index is 0.0634. The molecule has 25 heavy (non-hydrogen) atoms. The summed E-state index contributed by atoms with van der Waals surface area (Å²) in [5, 5.41) is 3.45. The van der Waals surface area contributed by atoms with E-state index in [1.54, 1.807) is 18.2 Å². The average molecular weight is 360 g/mol. The van der Waals surface area contributed by atoms with E-state index >= 15 is 0 Å². The first-order valence-corrected chi connectivity index (χ1v) is 8.93. The average Bonchev–Trinajstić information content (AvgIpc) is 3.11. The van der Waals surface area contributed by atoms with Gasteiger partial charge in [0, 0.05) is 18.1 Å². The Balaban J connectivity index is 1.65. The largest absolute Gasteiger partial charge is 0.455 e. The number of benzene rings is 2. The minimum Gasteiger partial charge on any atom is -0.455 e. The smallest absolute Gasteiger partial charge is 0.224 e. The van der Waals surface area contributed by atoms with Crippen LogP contribution in [0.25, 0.3) is 0 Å². The van der Waals surface area contributed by atoms with Crippen LogP contribution < -0.4 is 10.1 Å². The second-order valence-electron chi connectivity index (χ2n) is 6.28. The zero-order valence-electron chi connectivity index (χ0n) is 14.3. The molecule has 1 atom stereocenters. The highest BCUT2D eigenvalue weighted by Gasteiger charge is 2.17. The van der Waals surface area contributed by atoms with E-state index in [1.165, 1.54) is 0 Å². The molecule has 1 unspecified atom stereocenters. The van der Waals surface area contributed by atoms with Crippen molar-refractivity contribution in [1.29, 1.82) is 0 Å². The predicted molar refractivity (Wildman–Crippen MR) is 99.5 cm³/mol. The van der Waals surface area contributed by atoms with Crippen molar-refractivity contribution in [3.05, 3.63) is 53.1 Å². The SMILES string of the molecule is Cc1ccc(Oc2ccc(Cl)cc2NC(=O)CCC2CCCO2)cc1. The quantitative estimate of drug-likeness (QED) is 0.757. The van der Waals surface area contributed by atoms with Gasteiger partial charge in [0.05, 0.1) is 11.8 Å². The number of halogens is 1. The zero-order valence-corrected chi connectivity index (χ0v) is 15.0. The summed E-state index contributed by atoms with van der Waals surface area (Å²) in [7, 11) is 0. The molecule has 2 aromatic carbocycles. The van der Waals surface area contributed by atoms with Gasteiger partial charge in [0.1, 0.15) is 5.75 Å². The molecule has 1 N–H and O–H groups in total. The van der Waals surface area contributed by atoms with Gasteiger partial charge in [0.25, 0.3) is 0 Å². The van der Waals surface area contributed by atoms with Gasteiger partial charge in [-0.2, -0.15) is 0 Å². The van der Waals surface area contributed by atoms with Crippen LogP contribution in [0.15, 0.2) is 42.5 Å². The Morgan fingerprint density at radius 2 is 2.08 bits per heavy atom. The maximum atomic E-state index is 12.3. The fourth-order valence-corrected chi connectivity index (χ4v) is 2.97.